The van der Waals surface area contributed by atoms with Gasteiger partial charge in [0.15, 0.2) is 15.7 Å². The van der Waals surface area contributed by atoms with Crippen molar-refractivity contribution in [1.82, 2.24) is 15.0 Å². The molecule has 1 aromatic heterocycles. The number of nitrogens with zero attached hydrogens (tertiary/aromatic N) is 3. The normalized spacial score (nSPS) is 18.1. The van der Waals surface area contributed by atoms with Crippen LogP contribution >= 0.6 is 0 Å². The number of carbonyl (C=O) groups is 1. The van der Waals surface area contributed by atoms with Gasteiger partial charge in [-0.3, -0.25) is 4.79 Å². The Hall–Kier alpha value is -2.22. The van der Waals surface area contributed by atoms with E-state index >= 15 is 0 Å². The van der Waals surface area contributed by atoms with Crippen LogP contribution in [0.25, 0.3) is 0 Å². The third kappa shape index (κ3) is 3.64. The molecule has 1 aliphatic heterocycles. The molecule has 7 nitrogen and oxygen atoms in total. The van der Waals surface area contributed by atoms with Gasteiger partial charge in [0, 0.05) is 25.3 Å². The van der Waals surface area contributed by atoms with E-state index in [-0.39, 0.29) is 17.7 Å². The number of amides is 1. The van der Waals surface area contributed by atoms with Crippen molar-refractivity contribution in [2.75, 3.05) is 12.8 Å². The molecule has 1 aromatic carbocycles. The Morgan fingerprint density at radius 1 is 1.42 bits per heavy atom. The first kappa shape index (κ1) is 16.6. The van der Waals surface area contributed by atoms with Crippen LogP contribution in [0.2, 0.25) is 0 Å². The van der Waals surface area contributed by atoms with Gasteiger partial charge in [-0.15, -0.1) is 0 Å². The average molecular weight is 349 g/mol. The lowest BCUT2D eigenvalue weighted by Crippen LogP contribution is -2.31. The number of aromatic nitrogens is 2. The van der Waals surface area contributed by atoms with E-state index in [2.05, 4.69) is 10.1 Å². The Balaban J connectivity index is 1.84. The van der Waals surface area contributed by atoms with Crippen LogP contribution in [0.5, 0.6) is 0 Å². The van der Waals surface area contributed by atoms with Crippen LogP contribution in [-0.4, -0.2) is 42.2 Å². The van der Waals surface area contributed by atoms with Crippen LogP contribution in [0.4, 0.5) is 0 Å². The van der Waals surface area contributed by atoms with Crippen molar-refractivity contribution in [2.45, 2.75) is 31.6 Å². The third-order valence-electron chi connectivity index (χ3n) is 3.96. The fourth-order valence-corrected chi connectivity index (χ4v) is 3.78. The lowest BCUT2D eigenvalue weighted by Gasteiger charge is -2.22. The van der Waals surface area contributed by atoms with Gasteiger partial charge in [-0.1, -0.05) is 17.3 Å². The number of hydrogen-bond acceptors (Lipinski definition) is 6. The highest BCUT2D eigenvalue weighted by Gasteiger charge is 2.33. The number of benzene rings is 1. The van der Waals surface area contributed by atoms with E-state index in [1.807, 2.05) is 0 Å². The molecule has 8 heteroatoms. The number of hydrogen-bond donors (Lipinski definition) is 0. The lowest BCUT2D eigenvalue weighted by atomic mass is 10.1. The Kier molecular flexibility index (Phi) is 4.40. The molecule has 0 radical (unpaired) electrons. The van der Waals surface area contributed by atoms with Gasteiger partial charge in [0.25, 0.3) is 5.91 Å². The van der Waals surface area contributed by atoms with E-state index in [0.717, 1.165) is 12.8 Å². The monoisotopic (exact) mass is 349 g/mol. The second kappa shape index (κ2) is 6.35. The zero-order chi connectivity index (χ0) is 17.3. The molecule has 2 aromatic rings. The molecule has 128 valence electrons. The summed E-state index contributed by atoms with van der Waals surface area (Å²) in [7, 11) is -3.15. The molecule has 0 saturated carbocycles. The van der Waals surface area contributed by atoms with Gasteiger partial charge in [-0.05, 0) is 30.5 Å². The average Bonchev–Trinajstić information content (AvgIpc) is 3.13. The molecule has 1 unspecified atom stereocenters. The molecule has 1 atom stereocenters. The van der Waals surface area contributed by atoms with Crippen LogP contribution in [0.3, 0.4) is 0 Å². The number of rotatable bonds is 4. The van der Waals surface area contributed by atoms with Crippen molar-refractivity contribution < 1.29 is 17.7 Å². The van der Waals surface area contributed by atoms with Gasteiger partial charge in [0.1, 0.15) is 0 Å². The second-order valence-corrected chi connectivity index (χ2v) is 8.24. The third-order valence-corrected chi connectivity index (χ3v) is 4.82. The molecule has 2 heterocycles. The van der Waals surface area contributed by atoms with Crippen molar-refractivity contribution in [3.8, 4) is 0 Å². The molecule has 1 amide bonds. The largest absolute Gasteiger partial charge is 0.340 e. The molecule has 0 spiro atoms. The maximum absolute atomic E-state index is 12.8. The lowest BCUT2D eigenvalue weighted by molar-refractivity contribution is 0.0728. The minimum absolute atomic E-state index is 0.0818. The predicted octanol–water partition coefficient (Wildman–Crippen LogP) is 1.90. The molecule has 24 heavy (non-hydrogen) atoms. The van der Waals surface area contributed by atoms with Gasteiger partial charge >= 0.3 is 0 Å². The summed E-state index contributed by atoms with van der Waals surface area (Å²) in [4.78, 5) is 18.8. The molecule has 1 aliphatic rings. The quantitative estimate of drug-likeness (QED) is 0.837. The first-order valence-corrected chi connectivity index (χ1v) is 9.77. The van der Waals surface area contributed by atoms with Crippen molar-refractivity contribution >= 4 is 15.7 Å². The van der Waals surface area contributed by atoms with Crippen LogP contribution in [0.1, 0.15) is 46.5 Å². The number of likely N-dealkylation sites (tertiary alicyclic amines) is 1. The van der Waals surface area contributed by atoms with Gasteiger partial charge in [0.05, 0.1) is 11.8 Å². The summed E-state index contributed by atoms with van der Waals surface area (Å²) in [5.41, 5.74) is 1.08. The molecule has 1 fully saturated rings. The van der Waals surface area contributed by atoms with Crippen LogP contribution < -0.4 is 0 Å². The minimum atomic E-state index is -3.15. The molecular formula is C16H19N3O4S. The maximum Gasteiger partial charge on any atom is 0.254 e. The summed E-state index contributed by atoms with van der Waals surface area (Å²) in [6.45, 7) is 2.33. The smallest absolute Gasteiger partial charge is 0.254 e. The first-order valence-electron chi connectivity index (χ1n) is 7.71. The first-order chi connectivity index (χ1) is 11.3. The van der Waals surface area contributed by atoms with E-state index in [0.29, 0.717) is 29.4 Å². The Labute approximate surface area is 140 Å². The summed E-state index contributed by atoms with van der Waals surface area (Å²) in [6, 6.07) is 6.55. The fraction of sp³-hybridized carbons (Fsp3) is 0.438. The number of aryl methyl sites for hydroxylation is 1. The second-order valence-electron chi connectivity index (χ2n) is 6.10. The fourth-order valence-electron chi connectivity index (χ4n) is 2.99. The van der Waals surface area contributed by atoms with E-state index in [9.17, 15) is 13.2 Å². The standard InChI is InChI=1S/C16H19N3O4S/c1-11-17-15(18-23-11)14-7-4-8-19(14)16(20)13-6-3-5-12(9-13)10-24(2,21)22/h3,5-6,9,14H,4,7-8,10H2,1-2H3. The SMILES string of the molecule is Cc1nc(C2CCCN2C(=O)c2cccc(CS(C)(=O)=O)c2)no1. The van der Waals surface area contributed by atoms with Gasteiger partial charge in [0.2, 0.25) is 5.89 Å². The Bertz CT molecular complexity index is 860. The Morgan fingerprint density at radius 3 is 2.88 bits per heavy atom. The minimum Gasteiger partial charge on any atom is -0.340 e. The maximum atomic E-state index is 12.8. The zero-order valence-corrected chi connectivity index (χ0v) is 14.4. The molecule has 0 bridgehead atoms. The van der Waals surface area contributed by atoms with E-state index in [1.54, 1.807) is 36.1 Å². The predicted molar refractivity (Wildman–Crippen MR) is 87.0 cm³/mol. The van der Waals surface area contributed by atoms with Gasteiger partial charge < -0.3 is 9.42 Å². The number of carbonyl (C=O) groups excluding carboxylic acids is 1. The van der Waals surface area contributed by atoms with Crippen LogP contribution in [0.15, 0.2) is 28.8 Å². The Morgan fingerprint density at radius 2 is 2.21 bits per heavy atom. The topological polar surface area (TPSA) is 93.4 Å². The molecule has 3 rings (SSSR count). The highest BCUT2D eigenvalue weighted by molar-refractivity contribution is 7.89. The van der Waals surface area contributed by atoms with E-state index < -0.39 is 9.84 Å². The summed E-state index contributed by atoms with van der Waals surface area (Å²) in [5, 5.41) is 3.93. The summed E-state index contributed by atoms with van der Waals surface area (Å²) < 4.78 is 27.9. The summed E-state index contributed by atoms with van der Waals surface area (Å²) in [6.07, 6.45) is 2.83. The van der Waals surface area contributed by atoms with E-state index in [4.69, 9.17) is 4.52 Å². The summed E-state index contributed by atoms with van der Waals surface area (Å²) >= 11 is 0. The van der Waals surface area contributed by atoms with Crippen molar-refractivity contribution in [1.29, 1.82) is 0 Å². The van der Waals surface area contributed by atoms with Gasteiger partial charge in [-0.2, -0.15) is 4.98 Å². The highest BCUT2D eigenvalue weighted by atomic mass is 32.2. The molecule has 0 N–H and O–H groups in total. The van der Waals surface area contributed by atoms with Crippen LogP contribution in [0, 0.1) is 6.92 Å². The zero-order valence-electron chi connectivity index (χ0n) is 13.6. The van der Waals surface area contributed by atoms with Crippen molar-refractivity contribution in [3.63, 3.8) is 0 Å². The number of sulfone groups is 1. The van der Waals surface area contributed by atoms with E-state index in [1.165, 1.54) is 6.26 Å². The van der Waals surface area contributed by atoms with Crippen molar-refractivity contribution in [2.24, 2.45) is 0 Å². The van der Waals surface area contributed by atoms with Gasteiger partial charge in [-0.25, -0.2) is 8.42 Å². The summed E-state index contributed by atoms with van der Waals surface area (Å²) in [5.74, 6) is 0.766. The molecule has 1 saturated heterocycles. The highest BCUT2D eigenvalue weighted by Crippen LogP contribution is 2.31. The molecule has 0 aliphatic carbocycles. The van der Waals surface area contributed by atoms with Crippen LogP contribution in [-0.2, 0) is 15.6 Å². The van der Waals surface area contributed by atoms with Crippen molar-refractivity contribution in [3.05, 3.63) is 47.1 Å². The molecular weight excluding hydrogens is 330 g/mol.